The molecule has 0 amide bonds. The summed E-state index contributed by atoms with van der Waals surface area (Å²) in [5.74, 6) is -0.400. The fourth-order valence-electron chi connectivity index (χ4n) is 2.30. The lowest BCUT2D eigenvalue weighted by atomic mass is 10.0. The fourth-order valence-corrected chi connectivity index (χ4v) is 2.90. The highest BCUT2D eigenvalue weighted by molar-refractivity contribution is 14.1. The van der Waals surface area contributed by atoms with Crippen LogP contribution in [0.5, 0.6) is 5.75 Å². The largest absolute Gasteiger partial charge is 0.502 e. The summed E-state index contributed by atoms with van der Waals surface area (Å²) in [5, 5.41) is 28.8. The molecule has 0 unspecified atom stereocenters. The second-order valence-electron chi connectivity index (χ2n) is 5.13. The first-order chi connectivity index (χ1) is 12.1. The Labute approximate surface area is 157 Å². The first kappa shape index (κ1) is 17.0. The Kier molecular flexibility index (Phi) is 5.03. The number of halogens is 1. The van der Waals surface area contributed by atoms with Gasteiger partial charge in [-0.05, 0) is 46.4 Å². The van der Waals surface area contributed by atoms with E-state index in [1.807, 2.05) is 48.5 Å². The summed E-state index contributed by atoms with van der Waals surface area (Å²) in [4.78, 5) is 10.3. The van der Waals surface area contributed by atoms with Crippen molar-refractivity contribution in [1.29, 1.82) is 0 Å². The predicted molar refractivity (Wildman–Crippen MR) is 104 cm³/mol. The molecule has 124 valence electrons. The van der Waals surface area contributed by atoms with E-state index < -0.39 is 16.4 Å². The monoisotopic (exact) mass is 445 g/mol. The van der Waals surface area contributed by atoms with E-state index in [9.17, 15) is 15.2 Å². The first-order valence-electron chi connectivity index (χ1n) is 7.29. The summed E-state index contributed by atoms with van der Waals surface area (Å²) in [6.45, 7) is 0. The molecule has 0 aliphatic carbocycles. The lowest BCUT2D eigenvalue weighted by Crippen LogP contribution is -1.87. The van der Waals surface area contributed by atoms with Crippen LogP contribution >= 0.6 is 22.6 Å². The van der Waals surface area contributed by atoms with Gasteiger partial charge in [-0.1, -0.05) is 42.5 Å². The standard InChI is InChI=1S/C18H12IN3O3/c19-15-8-4-7-14(12-5-2-1-3-6-12)18(15)21-20-13-9-10-17(23)16(11-13)22(24)25/h1-11,23H/b21-20+. The van der Waals surface area contributed by atoms with Gasteiger partial charge in [-0.2, -0.15) is 5.11 Å². The Hall–Kier alpha value is -2.81. The molecule has 7 heteroatoms. The van der Waals surface area contributed by atoms with Crippen LogP contribution in [0, 0.1) is 13.7 Å². The van der Waals surface area contributed by atoms with Crippen molar-refractivity contribution in [2.75, 3.05) is 0 Å². The van der Waals surface area contributed by atoms with Crippen molar-refractivity contribution in [2.24, 2.45) is 10.2 Å². The smallest absolute Gasteiger partial charge is 0.312 e. The number of nitro groups is 1. The van der Waals surface area contributed by atoms with E-state index in [-0.39, 0.29) is 0 Å². The molecule has 0 bridgehead atoms. The number of hydrogen-bond donors (Lipinski definition) is 1. The van der Waals surface area contributed by atoms with Gasteiger partial charge in [-0.3, -0.25) is 10.1 Å². The molecule has 0 atom stereocenters. The number of nitro benzene ring substituents is 1. The Bertz CT molecular complexity index is 959. The number of benzene rings is 3. The molecule has 0 aromatic heterocycles. The van der Waals surface area contributed by atoms with Crippen LogP contribution in [-0.4, -0.2) is 10.0 Å². The van der Waals surface area contributed by atoms with Crippen molar-refractivity contribution in [2.45, 2.75) is 0 Å². The third-order valence-corrected chi connectivity index (χ3v) is 4.36. The topological polar surface area (TPSA) is 88.1 Å². The van der Waals surface area contributed by atoms with Gasteiger partial charge in [-0.25, -0.2) is 0 Å². The average Bonchev–Trinajstić information content (AvgIpc) is 2.62. The molecule has 0 aliphatic rings. The van der Waals surface area contributed by atoms with Crippen LogP contribution in [0.4, 0.5) is 17.1 Å². The van der Waals surface area contributed by atoms with E-state index in [0.29, 0.717) is 11.4 Å². The van der Waals surface area contributed by atoms with Gasteiger partial charge in [0.05, 0.1) is 10.6 Å². The lowest BCUT2D eigenvalue weighted by Gasteiger charge is -2.07. The summed E-state index contributed by atoms with van der Waals surface area (Å²) in [5.41, 5.74) is 2.51. The van der Waals surface area contributed by atoms with E-state index in [0.717, 1.165) is 14.7 Å². The summed E-state index contributed by atoms with van der Waals surface area (Å²) in [6.07, 6.45) is 0. The average molecular weight is 445 g/mol. The molecule has 25 heavy (non-hydrogen) atoms. The van der Waals surface area contributed by atoms with Crippen molar-refractivity contribution >= 4 is 39.7 Å². The van der Waals surface area contributed by atoms with Crippen LogP contribution in [0.1, 0.15) is 0 Å². The summed E-state index contributed by atoms with van der Waals surface area (Å²) >= 11 is 2.18. The van der Waals surface area contributed by atoms with Gasteiger partial charge in [0.1, 0.15) is 5.69 Å². The second kappa shape index (κ2) is 7.39. The molecule has 0 spiro atoms. The zero-order valence-electron chi connectivity index (χ0n) is 12.8. The molecule has 0 fully saturated rings. The van der Waals surface area contributed by atoms with E-state index in [1.54, 1.807) is 0 Å². The molecule has 3 aromatic rings. The number of azo groups is 1. The van der Waals surface area contributed by atoms with Crippen molar-refractivity contribution in [3.05, 3.63) is 80.4 Å². The van der Waals surface area contributed by atoms with E-state index >= 15 is 0 Å². The van der Waals surface area contributed by atoms with Crippen LogP contribution in [-0.2, 0) is 0 Å². The maximum atomic E-state index is 10.9. The molecule has 1 N–H and O–H groups in total. The number of hydrogen-bond acceptors (Lipinski definition) is 5. The third kappa shape index (κ3) is 3.82. The predicted octanol–water partition coefficient (Wildman–Crippen LogP) is 5.99. The van der Waals surface area contributed by atoms with Gasteiger partial charge in [0.2, 0.25) is 0 Å². The molecule has 6 nitrogen and oxygen atoms in total. The van der Waals surface area contributed by atoms with Crippen LogP contribution in [0.2, 0.25) is 0 Å². The zero-order valence-corrected chi connectivity index (χ0v) is 15.0. The quantitative estimate of drug-likeness (QED) is 0.232. The molecule has 3 rings (SSSR count). The maximum Gasteiger partial charge on any atom is 0.312 e. The summed E-state index contributed by atoms with van der Waals surface area (Å²) in [7, 11) is 0. The maximum absolute atomic E-state index is 10.9. The number of rotatable bonds is 4. The van der Waals surface area contributed by atoms with Crippen LogP contribution in [0.15, 0.2) is 77.0 Å². The van der Waals surface area contributed by atoms with Crippen molar-refractivity contribution in [3.63, 3.8) is 0 Å². The highest BCUT2D eigenvalue weighted by atomic mass is 127. The van der Waals surface area contributed by atoms with Crippen LogP contribution < -0.4 is 0 Å². The normalized spacial score (nSPS) is 10.9. The second-order valence-corrected chi connectivity index (χ2v) is 6.29. The van der Waals surface area contributed by atoms with Gasteiger partial charge < -0.3 is 5.11 Å². The molecule has 3 aromatic carbocycles. The van der Waals surface area contributed by atoms with E-state index in [4.69, 9.17) is 0 Å². The first-order valence-corrected chi connectivity index (χ1v) is 8.37. The van der Waals surface area contributed by atoms with Crippen molar-refractivity contribution in [1.82, 2.24) is 0 Å². The molecule has 0 heterocycles. The highest BCUT2D eigenvalue weighted by Gasteiger charge is 2.14. The summed E-state index contributed by atoms with van der Waals surface area (Å²) < 4.78 is 0.913. The zero-order chi connectivity index (χ0) is 17.8. The van der Waals surface area contributed by atoms with E-state index in [1.165, 1.54) is 18.2 Å². The van der Waals surface area contributed by atoms with Crippen LogP contribution in [0.3, 0.4) is 0 Å². The Morgan fingerprint density at radius 1 is 0.960 bits per heavy atom. The molecule has 0 aliphatic heterocycles. The molecular formula is C18H12IN3O3. The van der Waals surface area contributed by atoms with Gasteiger partial charge >= 0.3 is 5.69 Å². The van der Waals surface area contributed by atoms with Crippen molar-refractivity contribution in [3.8, 4) is 16.9 Å². The lowest BCUT2D eigenvalue weighted by molar-refractivity contribution is -0.385. The Morgan fingerprint density at radius 2 is 1.72 bits per heavy atom. The SMILES string of the molecule is O=[N+]([O-])c1cc(/N=N/c2c(I)cccc2-c2ccccc2)ccc1O. The minimum absolute atomic E-state index is 0.295. The fraction of sp³-hybridized carbons (Fsp3) is 0. The van der Waals surface area contributed by atoms with Gasteiger partial charge in [-0.15, -0.1) is 5.11 Å². The Morgan fingerprint density at radius 3 is 2.44 bits per heavy atom. The molecular weight excluding hydrogens is 433 g/mol. The number of phenolic OH excluding ortho intramolecular Hbond substituents is 1. The molecule has 0 radical (unpaired) electrons. The summed E-state index contributed by atoms with van der Waals surface area (Å²) in [6, 6.07) is 19.5. The number of phenols is 1. The van der Waals surface area contributed by atoms with Gasteiger partial charge in [0, 0.05) is 15.2 Å². The van der Waals surface area contributed by atoms with Crippen molar-refractivity contribution < 1.29 is 10.0 Å². The minimum atomic E-state index is -0.657. The molecule has 0 saturated heterocycles. The van der Waals surface area contributed by atoms with E-state index in [2.05, 4.69) is 32.8 Å². The number of aromatic hydroxyl groups is 1. The van der Waals surface area contributed by atoms with Gasteiger partial charge in [0.25, 0.3) is 0 Å². The highest BCUT2D eigenvalue weighted by Crippen LogP contribution is 2.36. The van der Waals surface area contributed by atoms with Gasteiger partial charge in [0.15, 0.2) is 5.75 Å². The molecule has 0 saturated carbocycles. The number of nitrogens with zero attached hydrogens (tertiary/aromatic N) is 3. The minimum Gasteiger partial charge on any atom is -0.502 e. The van der Waals surface area contributed by atoms with Crippen LogP contribution in [0.25, 0.3) is 11.1 Å². The Balaban J connectivity index is 2.03. The third-order valence-electron chi connectivity index (χ3n) is 3.49.